The van der Waals surface area contributed by atoms with Crippen molar-refractivity contribution in [3.63, 3.8) is 0 Å². The predicted molar refractivity (Wildman–Crippen MR) is 78.7 cm³/mol. The molecule has 0 fully saturated rings. The first kappa shape index (κ1) is 18.0. The summed E-state index contributed by atoms with van der Waals surface area (Å²) in [5.41, 5.74) is -1.34. The fraction of sp³-hybridized carbons (Fsp3) is 0.312. The molecule has 0 saturated heterocycles. The standard InChI is InChI=1S/C16H16F4N2O2/c1-22(2)9-12-4-6-14(24-12)15(23)21-8-10-7-11(17)3-5-13(10)16(18,19)20/h3-7H,8-9H2,1-2H3,(H,21,23). The number of furan rings is 1. The Hall–Kier alpha value is -2.35. The number of nitrogens with one attached hydrogen (secondary N) is 1. The third-order valence-electron chi connectivity index (χ3n) is 3.17. The molecule has 0 bridgehead atoms. The van der Waals surface area contributed by atoms with Crippen molar-refractivity contribution in [1.29, 1.82) is 0 Å². The van der Waals surface area contributed by atoms with E-state index in [1.165, 1.54) is 6.07 Å². The third-order valence-corrected chi connectivity index (χ3v) is 3.17. The van der Waals surface area contributed by atoms with Crippen molar-refractivity contribution >= 4 is 5.91 Å². The second-order valence-corrected chi connectivity index (χ2v) is 5.49. The Kier molecular flexibility index (Phi) is 5.28. The van der Waals surface area contributed by atoms with Crippen molar-refractivity contribution in [2.75, 3.05) is 14.1 Å². The average molecular weight is 344 g/mol. The van der Waals surface area contributed by atoms with E-state index in [-0.39, 0.29) is 11.3 Å². The largest absolute Gasteiger partial charge is 0.455 e. The van der Waals surface area contributed by atoms with Crippen molar-refractivity contribution in [1.82, 2.24) is 10.2 Å². The quantitative estimate of drug-likeness (QED) is 0.846. The van der Waals surface area contributed by atoms with Crippen LogP contribution >= 0.6 is 0 Å². The van der Waals surface area contributed by atoms with Crippen molar-refractivity contribution in [2.24, 2.45) is 0 Å². The van der Waals surface area contributed by atoms with Crippen LogP contribution in [0.1, 0.15) is 27.4 Å². The summed E-state index contributed by atoms with van der Waals surface area (Å²) in [6.45, 7) is 0.0184. The minimum atomic E-state index is -4.63. The van der Waals surface area contributed by atoms with Gasteiger partial charge in [0.25, 0.3) is 5.91 Å². The Morgan fingerprint density at radius 2 is 1.92 bits per heavy atom. The van der Waals surface area contributed by atoms with Gasteiger partial charge in [0.05, 0.1) is 12.1 Å². The van der Waals surface area contributed by atoms with Crippen LogP contribution in [0.15, 0.2) is 34.7 Å². The Morgan fingerprint density at radius 1 is 1.21 bits per heavy atom. The Morgan fingerprint density at radius 3 is 2.54 bits per heavy atom. The molecule has 0 aliphatic heterocycles. The van der Waals surface area contributed by atoms with Crippen molar-refractivity contribution in [3.05, 3.63) is 58.8 Å². The molecule has 0 aliphatic rings. The Bertz CT molecular complexity index is 723. The van der Waals surface area contributed by atoms with E-state index >= 15 is 0 Å². The molecule has 0 saturated carbocycles. The molecule has 0 aliphatic carbocycles. The first-order chi connectivity index (χ1) is 11.2. The van der Waals surface area contributed by atoms with Crippen molar-refractivity contribution < 1.29 is 26.8 Å². The molecule has 0 atom stereocenters. The van der Waals surface area contributed by atoms with Gasteiger partial charge in [-0.15, -0.1) is 0 Å². The predicted octanol–water partition coefficient (Wildman–Crippen LogP) is 3.43. The summed E-state index contributed by atoms with van der Waals surface area (Å²) in [7, 11) is 3.65. The number of carbonyl (C=O) groups is 1. The third kappa shape index (κ3) is 4.58. The SMILES string of the molecule is CN(C)Cc1ccc(C(=O)NCc2cc(F)ccc2C(F)(F)F)o1. The molecule has 1 N–H and O–H groups in total. The fourth-order valence-corrected chi connectivity index (χ4v) is 2.14. The smallest absolute Gasteiger partial charge is 0.416 e. The Labute approximate surface area is 136 Å². The minimum Gasteiger partial charge on any atom is -0.455 e. The molecule has 1 amide bonds. The number of hydrogen-bond donors (Lipinski definition) is 1. The van der Waals surface area contributed by atoms with Crippen molar-refractivity contribution in [3.8, 4) is 0 Å². The van der Waals surface area contributed by atoms with Gasteiger partial charge in [0.1, 0.15) is 11.6 Å². The van der Waals surface area contributed by atoms with Crippen LogP contribution in [0.25, 0.3) is 0 Å². The molecule has 1 heterocycles. The summed E-state index contributed by atoms with van der Waals surface area (Å²) >= 11 is 0. The van der Waals surface area contributed by atoms with E-state index in [1.807, 2.05) is 19.0 Å². The highest BCUT2D eigenvalue weighted by Crippen LogP contribution is 2.32. The van der Waals surface area contributed by atoms with Crippen LogP contribution in [0, 0.1) is 5.82 Å². The summed E-state index contributed by atoms with van der Waals surface area (Å²) < 4.78 is 57.2. The molecule has 2 rings (SSSR count). The highest BCUT2D eigenvalue weighted by atomic mass is 19.4. The lowest BCUT2D eigenvalue weighted by atomic mass is 10.1. The first-order valence-corrected chi connectivity index (χ1v) is 7.04. The zero-order valence-electron chi connectivity index (χ0n) is 13.1. The zero-order chi connectivity index (χ0) is 17.9. The molecule has 130 valence electrons. The normalized spacial score (nSPS) is 11.8. The van der Waals surface area contributed by atoms with Crippen LogP contribution in [0.5, 0.6) is 0 Å². The van der Waals surface area contributed by atoms with Gasteiger partial charge in [-0.05, 0) is 50.0 Å². The zero-order valence-corrected chi connectivity index (χ0v) is 13.1. The van der Waals surface area contributed by atoms with Crippen LogP contribution in [0.2, 0.25) is 0 Å². The van der Waals surface area contributed by atoms with E-state index in [4.69, 9.17) is 4.42 Å². The molecule has 1 aromatic heterocycles. The highest BCUT2D eigenvalue weighted by molar-refractivity contribution is 5.91. The Balaban J connectivity index is 2.09. The van der Waals surface area contributed by atoms with Crippen LogP contribution < -0.4 is 5.32 Å². The molecule has 2 aromatic rings. The van der Waals surface area contributed by atoms with Gasteiger partial charge in [0.2, 0.25) is 0 Å². The van der Waals surface area contributed by atoms with Crippen molar-refractivity contribution in [2.45, 2.75) is 19.3 Å². The highest BCUT2D eigenvalue weighted by Gasteiger charge is 2.33. The van der Waals surface area contributed by atoms with E-state index in [0.717, 1.165) is 12.1 Å². The summed E-state index contributed by atoms with van der Waals surface area (Å²) in [5, 5.41) is 2.31. The number of rotatable bonds is 5. The van der Waals surface area contributed by atoms with Gasteiger partial charge >= 0.3 is 6.18 Å². The molecule has 1 aromatic carbocycles. The summed E-state index contributed by atoms with van der Waals surface area (Å²) in [6, 6.07) is 5.18. The van der Waals surface area contributed by atoms with E-state index < -0.39 is 30.0 Å². The number of benzene rings is 1. The molecule has 8 heteroatoms. The van der Waals surface area contributed by atoms with Gasteiger partial charge in [-0.1, -0.05) is 0 Å². The summed E-state index contributed by atoms with van der Waals surface area (Å²) in [6.07, 6.45) is -4.63. The van der Waals surface area contributed by atoms with Crippen LogP contribution in [0.4, 0.5) is 17.6 Å². The van der Waals surface area contributed by atoms with Gasteiger partial charge in [-0.2, -0.15) is 13.2 Å². The number of carbonyl (C=O) groups excluding carboxylic acids is 1. The lowest BCUT2D eigenvalue weighted by molar-refractivity contribution is -0.138. The second-order valence-electron chi connectivity index (χ2n) is 5.49. The topological polar surface area (TPSA) is 45.5 Å². The fourth-order valence-electron chi connectivity index (χ4n) is 2.14. The maximum atomic E-state index is 13.2. The molecule has 0 spiro atoms. The van der Waals surface area contributed by atoms with E-state index in [0.29, 0.717) is 18.4 Å². The molecule has 0 unspecified atom stereocenters. The van der Waals surface area contributed by atoms with Gasteiger partial charge in [-0.25, -0.2) is 4.39 Å². The number of alkyl halides is 3. The van der Waals surface area contributed by atoms with Gasteiger partial charge in [0, 0.05) is 6.54 Å². The van der Waals surface area contributed by atoms with Crippen LogP contribution in [-0.2, 0) is 19.3 Å². The number of hydrogen-bond acceptors (Lipinski definition) is 3. The van der Waals surface area contributed by atoms with Crippen LogP contribution in [-0.4, -0.2) is 24.9 Å². The molecular formula is C16H16F4N2O2. The van der Waals surface area contributed by atoms with E-state index in [2.05, 4.69) is 5.32 Å². The molecule has 0 radical (unpaired) electrons. The molecular weight excluding hydrogens is 328 g/mol. The van der Waals surface area contributed by atoms with Gasteiger partial charge in [0.15, 0.2) is 5.76 Å². The van der Waals surface area contributed by atoms with E-state index in [1.54, 1.807) is 6.07 Å². The average Bonchev–Trinajstić information content (AvgIpc) is 2.91. The first-order valence-electron chi connectivity index (χ1n) is 7.04. The van der Waals surface area contributed by atoms with Gasteiger partial charge < -0.3 is 14.6 Å². The maximum absolute atomic E-state index is 13.2. The monoisotopic (exact) mass is 344 g/mol. The molecule has 24 heavy (non-hydrogen) atoms. The number of nitrogens with zero attached hydrogens (tertiary/aromatic N) is 1. The maximum Gasteiger partial charge on any atom is 0.416 e. The lowest BCUT2D eigenvalue weighted by Gasteiger charge is -2.13. The van der Waals surface area contributed by atoms with Crippen LogP contribution in [0.3, 0.4) is 0 Å². The molecule has 4 nitrogen and oxygen atoms in total. The van der Waals surface area contributed by atoms with E-state index in [9.17, 15) is 22.4 Å². The lowest BCUT2D eigenvalue weighted by Crippen LogP contribution is -2.24. The van der Waals surface area contributed by atoms with Gasteiger partial charge in [-0.3, -0.25) is 4.79 Å². The minimum absolute atomic E-state index is 0.0168. The second kappa shape index (κ2) is 7.04. The number of amides is 1. The summed E-state index contributed by atoms with van der Waals surface area (Å²) in [4.78, 5) is 13.8. The summed E-state index contributed by atoms with van der Waals surface area (Å²) in [5.74, 6) is -0.945. The number of halogens is 4.